The molecule has 1 aliphatic carbocycles. The third-order valence-corrected chi connectivity index (χ3v) is 2.00. The van der Waals surface area contributed by atoms with Crippen molar-refractivity contribution in [1.29, 1.82) is 0 Å². The quantitative estimate of drug-likeness (QED) is 0.483. The molecule has 70 valence electrons. The highest BCUT2D eigenvalue weighted by molar-refractivity contribution is 5.06. The highest BCUT2D eigenvalue weighted by Crippen LogP contribution is 2.01. The number of allylic oxidation sites excluding steroid dienone is 8. The summed E-state index contributed by atoms with van der Waals surface area (Å²) in [4.78, 5) is 0. The Balaban J connectivity index is 2.38. The van der Waals surface area contributed by atoms with Crippen molar-refractivity contribution in [3.8, 4) is 0 Å². The second kappa shape index (κ2) is 7.60. The molecule has 0 saturated heterocycles. The van der Waals surface area contributed by atoms with Crippen molar-refractivity contribution >= 4 is 0 Å². The predicted octanol–water partition coefficient (Wildman–Crippen LogP) is 4.18. The Kier molecular flexibility index (Phi) is 5.87. The second-order valence-electron chi connectivity index (χ2n) is 3.20. The van der Waals surface area contributed by atoms with Gasteiger partial charge in [0.2, 0.25) is 0 Å². The van der Waals surface area contributed by atoms with Crippen LogP contribution in [0.4, 0.5) is 0 Å². The van der Waals surface area contributed by atoms with Crippen LogP contribution in [0.3, 0.4) is 0 Å². The summed E-state index contributed by atoms with van der Waals surface area (Å²) < 4.78 is 0. The van der Waals surface area contributed by atoms with Crippen molar-refractivity contribution in [3.05, 3.63) is 48.6 Å². The van der Waals surface area contributed by atoms with Crippen molar-refractivity contribution in [1.82, 2.24) is 0 Å². The lowest BCUT2D eigenvalue weighted by molar-refractivity contribution is 0.866. The van der Waals surface area contributed by atoms with Crippen molar-refractivity contribution < 1.29 is 0 Å². The van der Waals surface area contributed by atoms with Crippen LogP contribution in [0.2, 0.25) is 0 Å². The van der Waals surface area contributed by atoms with Gasteiger partial charge in [-0.15, -0.1) is 0 Å². The van der Waals surface area contributed by atoms with Gasteiger partial charge in [0.25, 0.3) is 0 Å². The molecule has 1 rings (SSSR count). The zero-order chi connectivity index (χ0) is 9.19. The smallest absolute Gasteiger partial charge is 0.0166 e. The number of rotatable bonds is 0. The summed E-state index contributed by atoms with van der Waals surface area (Å²) in [5.41, 5.74) is 0. The van der Waals surface area contributed by atoms with Crippen molar-refractivity contribution in [3.63, 3.8) is 0 Å². The van der Waals surface area contributed by atoms with Gasteiger partial charge in [-0.1, -0.05) is 48.6 Å². The lowest BCUT2D eigenvalue weighted by atomic mass is 10.2. The van der Waals surface area contributed by atoms with E-state index in [1.807, 2.05) is 0 Å². The molecule has 0 nitrogen and oxygen atoms in total. The van der Waals surface area contributed by atoms with Gasteiger partial charge in [-0.2, -0.15) is 0 Å². The maximum absolute atomic E-state index is 2.28. The molecule has 0 aromatic carbocycles. The van der Waals surface area contributed by atoms with Crippen LogP contribution in [0.5, 0.6) is 0 Å². The first kappa shape index (κ1) is 10.0. The van der Waals surface area contributed by atoms with E-state index in [0.29, 0.717) is 0 Å². The van der Waals surface area contributed by atoms with E-state index >= 15 is 0 Å². The summed E-state index contributed by atoms with van der Waals surface area (Å²) in [6, 6.07) is 0. The second-order valence-corrected chi connectivity index (χ2v) is 3.20. The summed E-state index contributed by atoms with van der Waals surface area (Å²) in [7, 11) is 0. The van der Waals surface area contributed by atoms with Gasteiger partial charge in [-0.3, -0.25) is 0 Å². The molecule has 0 aliphatic heterocycles. The minimum atomic E-state index is 1.05. The average Bonchev–Trinajstić information content (AvgIpc) is 2.18. The Morgan fingerprint density at radius 2 is 1.15 bits per heavy atom. The first-order valence-electron chi connectivity index (χ1n) is 5.12. The fraction of sp³-hybridized carbons (Fsp3) is 0.385. The van der Waals surface area contributed by atoms with E-state index in [-0.39, 0.29) is 0 Å². The van der Waals surface area contributed by atoms with Gasteiger partial charge >= 0.3 is 0 Å². The molecular formula is C13H18. The molecule has 0 unspecified atom stereocenters. The van der Waals surface area contributed by atoms with Crippen LogP contribution in [0.1, 0.15) is 32.1 Å². The van der Waals surface area contributed by atoms with Gasteiger partial charge in [-0.25, -0.2) is 0 Å². The van der Waals surface area contributed by atoms with Crippen LogP contribution in [-0.4, -0.2) is 0 Å². The van der Waals surface area contributed by atoms with E-state index in [0.717, 1.165) is 12.8 Å². The fourth-order valence-corrected chi connectivity index (χ4v) is 1.25. The molecular weight excluding hydrogens is 156 g/mol. The number of hydrogen-bond donors (Lipinski definition) is 0. The molecule has 0 fully saturated rings. The largest absolute Gasteiger partial charge is 0.0882 e. The maximum atomic E-state index is 2.28. The lowest BCUT2D eigenvalue weighted by Crippen LogP contribution is -1.68. The van der Waals surface area contributed by atoms with Crippen LogP contribution in [0.25, 0.3) is 0 Å². The zero-order valence-corrected chi connectivity index (χ0v) is 8.15. The molecule has 0 saturated carbocycles. The third kappa shape index (κ3) is 6.15. The van der Waals surface area contributed by atoms with Gasteiger partial charge in [0.1, 0.15) is 0 Å². The zero-order valence-electron chi connectivity index (χ0n) is 8.15. The van der Waals surface area contributed by atoms with E-state index in [9.17, 15) is 0 Å². The molecule has 0 aromatic heterocycles. The van der Waals surface area contributed by atoms with Crippen molar-refractivity contribution in [2.45, 2.75) is 32.1 Å². The standard InChI is InChI=1S/C13H18/c1-2-4-6-8-10-12-13-11-9-7-5-3-1/h1-4,7,9,12-13H,5-6,8,10-11H2/b3-1?,4-2-,9-7+,13-12+. The minimum absolute atomic E-state index is 1.05. The molecule has 0 radical (unpaired) electrons. The summed E-state index contributed by atoms with van der Waals surface area (Å²) in [6.07, 6.45) is 23.5. The van der Waals surface area contributed by atoms with E-state index in [1.165, 1.54) is 19.3 Å². The number of hydrogen-bond acceptors (Lipinski definition) is 0. The first-order chi connectivity index (χ1) is 6.50. The highest BCUT2D eigenvalue weighted by Gasteiger charge is 1.80. The van der Waals surface area contributed by atoms with E-state index < -0.39 is 0 Å². The normalized spacial score (nSPS) is 26.5. The molecule has 0 amide bonds. The van der Waals surface area contributed by atoms with Crippen molar-refractivity contribution in [2.75, 3.05) is 0 Å². The Hall–Kier alpha value is -1.04. The summed E-state index contributed by atoms with van der Waals surface area (Å²) >= 11 is 0. The van der Waals surface area contributed by atoms with Gasteiger partial charge in [0.05, 0.1) is 0 Å². The lowest BCUT2D eigenvalue weighted by Gasteiger charge is -1.88. The van der Waals surface area contributed by atoms with E-state index in [4.69, 9.17) is 0 Å². The van der Waals surface area contributed by atoms with E-state index in [1.54, 1.807) is 0 Å². The topological polar surface area (TPSA) is 0 Å². The summed E-state index contributed by atoms with van der Waals surface area (Å²) in [5.74, 6) is 0. The summed E-state index contributed by atoms with van der Waals surface area (Å²) in [5, 5.41) is 0. The average molecular weight is 174 g/mol. The maximum Gasteiger partial charge on any atom is -0.0166 e. The van der Waals surface area contributed by atoms with Crippen LogP contribution in [-0.2, 0) is 0 Å². The molecule has 0 heteroatoms. The monoisotopic (exact) mass is 174 g/mol. The van der Waals surface area contributed by atoms with Gasteiger partial charge in [-0.05, 0) is 32.1 Å². The first-order valence-corrected chi connectivity index (χ1v) is 5.12. The SMILES string of the molecule is C1=CC/C=C/C/C=C/CCC/C=C\1. The molecule has 1 aliphatic rings. The van der Waals surface area contributed by atoms with Crippen molar-refractivity contribution in [2.24, 2.45) is 0 Å². The molecule has 0 bridgehead atoms. The Morgan fingerprint density at radius 3 is 2.08 bits per heavy atom. The van der Waals surface area contributed by atoms with Crippen LogP contribution in [0, 0.1) is 0 Å². The molecule has 13 heavy (non-hydrogen) atoms. The Labute approximate surface area is 81.4 Å². The third-order valence-electron chi connectivity index (χ3n) is 2.00. The highest BCUT2D eigenvalue weighted by atomic mass is 13.9. The van der Waals surface area contributed by atoms with Crippen LogP contribution in [0.15, 0.2) is 48.6 Å². The summed E-state index contributed by atoms with van der Waals surface area (Å²) in [6.45, 7) is 0. The van der Waals surface area contributed by atoms with Crippen LogP contribution >= 0.6 is 0 Å². The Bertz CT molecular complexity index is 216. The van der Waals surface area contributed by atoms with E-state index in [2.05, 4.69) is 48.6 Å². The molecule has 0 aromatic rings. The fourth-order valence-electron chi connectivity index (χ4n) is 1.25. The molecule has 0 spiro atoms. The minimum Gasteiger partial charge on any atom is -0.0882 e. The Morgan fingerprint density at radius 1 is 0.538 bits per heavy atom. The molecule has 0 atom stereocenters. The molecule has 0 N–H and O–H groups in total. The predicted molar refractivity (Wildman–Crippen MR) is 59.6 cm³/mol. The van der Waals surface area contributed by atoms with Crippen LogP contribution < -0.4 is 0 Å². The molecule has 0 heterocycles. The van der Waals surface area contributed by atoms with Gasteiger partial charge in [0.15, 0.2) is 0 Å². The van der Waals surface area contributed by atoms with Gasteiger partial charge < -0.3 is 0 Å². The van der Waals surface area contributed by atoms with Gasteiger partial charge in [0, 0.05) is 0 Å².